The van der Waals surface area contributed by atoms with Gasteiger partial charge in [0.15, 0.2) is 0 Å². The van der Waals surface area contributed by atoms with Gasteiger partial charge in [-0.1, -0.05) is 104 Å². The van der Waals surface area contributed by atoms with Crippen molar-refractivity contribution in [2.45, 2.75) is 109 Å². The number of benzene rings is 4. The van der Waals surface area contributed by atoms with Crippen molar-refractivity contribution in [3.8, 4) is 11.1 Å². The van der Waals surface area contributed by atoms with Gasteiger partial charge in [-0.3, -0.25) is 14.4 Å². The Hall–Kier alpha value is -5.09. The minimum atomic E-state index is -0.904. The molecule has 4 aromatic carbocycles. The number of unbranched alkanes of at least 4 members (excludes halogenated alkanes) is 1. The van der Waals surface area contributed by atoms with Crippen LogP contribution in [0.25, 0.3) is 11.1 Å². The fraction of sp³-hybridized carbons (Fsp3) is 0.404. The van der Waals surface area contributed by atoms with E-state index in [1.807, 2.05) is 38.1 Å². The van der Waals surface area contributed by atoms with Crippen LogP contribution >= 0.6 is 12.6 Å². The van der Waals surface area contributed by atoms with Crippen LogP contribution in [0.1, 0.15) is 111 Å². The van der Waals surface area contributed by atoms with Crippen LogP contribution in [0.4, 0.5) is 4.79 Å². The highest BCUT2D eigenvalue weighted by molar-refractivity contribution is 7.81. The third-order valence-electron chi connectivity index (χ3n) is 9.60. The summed E-state index contributed by atoms with van der Waals surface area (Å²) in [4.78, 5) is 51.5. The predicted molar refractivity (Wildman–Crippen MR) is 231 cm³/mol. The summed E-state index contributed by atoms with van der Waals surface area (Å²) < 4.78 is 11.2. The lowest BCUT2D eigenvalue weighted by Gasteiger charge is -2.27. The largest absolute Gasteiger partial charge is 0.459 e. The second-order valence-corrected chi connectivity index (χ2v) is 15.7. The fourth-order valence-electron chi connectivity index (χ4n) is 6.69. The van der Waals surface area contributed by atoms with Crippen LogP contribution in [-0.2, 0) is 32.0 Å². The standard InChI is InChI=1S/C45H53N3O6S.C2H6/c1-30-19-21-31(22-20-30)12-11-18-40(49)47-28-32-23-25-33(26-24-32)42(50)48-39(41(55)43(51)54-45(2,3)4)17-9-10-27-46-44(52)53-29-38-36-15-7-5-13-34(36)35-14-6-8-16-37(35)38;1-2/h5-8,13-16,19-26,38-39,41,55H,9-12,17-18,27-29H2,1-4H3,(H,46,52)(H,47,49)(H,48,50);1-2H3. The van der Waals surface area contributed by atoms with Gasteiger partial charge >= 0.3 is 12.1 Å². The second kappa shape index (κ2) is 22.0. The molecule has 0 aromatic heterocycles. The number of aryl methyl sites for hydroxylation is 2. The zero-order valence-corrected chi connectivity index (χ0v) is 35.1. The summed E-state index contributed by atoms with van der Waals surface area (Å²) in [5.74, 6) is -0.921. The molecule has 1 aliphatic rings. The van der Waals surface area contributed by atoms with Crippen LogP contribution in [0.3, 0.4) is 0 Å². The zero-order chi connectivity index (χ0) is 41.4. The van der Waals surface area contributed by atoms with Crippen molar-refractivity contribution in [2.75, 3.05) is 13.2 Å². The first kappa shape index (κ1) is 44.6. The Bertz CT molecular complexity index is 1880. The highest BCUT2D eigenvalue weighted by Crippen LogP contribution is 2.44. The van der Waals surface area contributed by atoms with Gasteiger partial charge in [-0.05, 0) is 105 Å². The summed E-state index contributed by atoms with van der Waals surface area (Å²) >= 11 is 4.58. The molecule has 0 heterocycles. The molecule has 0 aliphatic heterocycles. The van der Waals surface area contributed by atoms with E-state index in [0.29, 0.717) is 44.3 Å². The van der Waals surface area contributed by atoms with E-state index in [1.54, 1.807) is 45.0 Å². The molecule has 10 heteroatoms. The molecular formula is C47H59N3O6S. The van der Waals surface area contributed by atoms with E-state index in [4.69, 9.17) is 9.47 Å². The number of nitrogens with one attached hydrogen (secondary N) is 3. The van der Waals surface area contributed by atoms with Gasteiger partial charge in [0.25, 0.3) is 5.91 Å². The molecule has 4 aromatic rings. The number of rotatable bonds is 17. The Balaban J connectivity index is 0.00000354. The number of hydrogen-bond acceptors (Lipinski definition) is 7. The highest BCUT2D eigenvalue weighted by Gasteiger charge is 2.31. The summed E-state index contributed by atoms with van der Waals surface area (Å²) in [5.41, 5.74) is 7.63. The molecule has 2 unspecified atom stereocenters. The lowest BCUT2D eigenvalue weighted by molar-refractivity contribution is -0.154. The molecule has 0 bridgehead atoms. The monoisotopic (exact) mass is 793 g/mol. The van der Waals surface area contributed by atoms with Gasteiger partial charge < -0.3 is 25.4 Å². The SMILES string of the molecule is CC.Cc1ccc(CCCC(=O)NCc2ccc(C(=O)NC(CCCCNC(=O)OCC3c4ccccc4-c4ccccc43)C(S)C(=O)OC(C)(C)C)cc2)cc1. The lowest BCUT2D eigenvalue weighted by atomic mass is 9.98. The topological polar surface area (TPSA) is 123 Å². The molecule has 9 nitrogen and oxygen atoms in total. The van der Waals surface area contributed by atoms with Gasteiger partial charge in [-0.2, -0.15) is 12.6 Å². The molecule has 0 saturated heterocycles. The van der Waals surface area contributed by atoms with Crippen LogP contribution < -0.4 is 16.0 Å². The molecule has 5 rings (SSSR count). The molecule has 0 fully saturated rings. The van der Waals surface area contributed by atoms with E-state index >= 15 is 0 Å². The van der Waals surface area contributed by atoms with Gasteiger partial charge in [0.1, 0.15) is 17.5 Å². The summed E-state index contributed by atoms with van der Waals surface area (Å²) in [7, 11) is 0. The quantitative estimate of drug-likeness (QED) is 0.0481. The minimum absolute atomic E-state index is 0.0211. The maximum Gasteiger partial charge on any atom is 0.407 e. The average Bonchev–Trinajstić information content (AvgIpc) is 3.52. The van der Waals surface area contributed by atoms with E-state index in [0.717, 1.165) is 29.5 Å². The minimum Gasteiger partial charge on any atom is -0.459 e. The summed E-state index contributed by atoms with van der Waals surface area (Å²) in [5, 5.41) is 7.86. The fourth-order valence-corrected chi connectivity index (χ4v) is 6.96. The molecule has 304 valence electrons. The summed E-state index contributed by atoms with van der Waals surface area (Å²) in [6.07, 6.45) is 3.17. The van der Waals surface area contributed by atoms with Crippen molar-refractivity contribution in [1.29, 1.82) is 0 Å². The molecule has 0 spiro atoms. The number of carbonyl (C=O) groups excluding carboxylic acids is 4. The van der Waals surface area contributed by atoms with E-state index < -0.39 is 29.0 Å². The number of thiol groups is 1. The van der Waals surface area contributed by atoms with Gasteiger partial charge in [0, 0.05) is 31.0 Å². The average molecular weight is 794 g/mol. The van der Waals surface area contributed by atoms with Crippen molar-refractivity contribution in [3.63, 3.8) is 0 Å². The van der Waals surface area contributed by atoms with Crippen molar-refractivity contribution >= 4 is 36.5 Å². The Morgan fingerprint density at radius 2 is 1.35 bits per heavy atom. The third-order valence-corrected chi connectivity index (χ3v) is 10.2. The number of ether oxygens (including phenoxy) is 2. The zero-order valence-electron chi connectivity index (χ0n) is 34.2. The molecule has 1 aliphatic carbocycles. The van der Waals surface area contributed by atoms with Gasteiger partial charge in [-0.15, -0.1) is 0 Å². The number of esters is 1. The van der Waals surface area contributed by atoms with Gasteiger partial charge in [0.2, 0.25) is 5.91 Å². The summed E-state index contributed by atoms with van der Waals surface area (Å²) in [6, 6.07) is 31.1. The summed E-state index contributed by atoms with van der Waals surface area (Å²) in [6.45, 7) is 12.4. The van der Waals surface area contributed by atoms with Gasteiger partial charge in [-0.25, -0.2) is 4.79 Å². The molecule has 3 N–H and O–H groups in total. The maximum atomic E-state index is 13.4. The second-order valence-electron chi connectivity index (χ2n) is 15.1. The van der Waals surface area contributed by atoms with Gasteiger partial charge in [0.05, 0.1) is 6.04 Å². The van der Waals surface area contributed by atoms with E-state index in [9.17, 15) is 19.2 Å². The number of amides is 3. The molecular weight excluding hydrogens is 735 g/mol. The van der Waals surface area contributed by atoms with Crippen LogP contribution in [-0.4, -0.2) is 53.9 Å². The van der Waals surface area contributed by atoms with Crippen molar-refractivity contribution in [1.82, 2.24) is 16.0 Å². The highest BCUT2D eigenvalue weighted by atomic mass is 32.1. The number of fused-ring (bicyclic) bond motifs is 3. The van der Waals surface area contributed by atoms with Crippen LogP contribution in [0, 0.1) is 6.92 Å². The first-order chi connectivity index (χ1) is 27.4. The number of carbonyl (C=O) groups is 4. The Kier molecular flexibility index (Phi) is 17.2. The van der Waals surface area contributed by atoms with E-state index in [-0.39, 0.29) is 24.3 Å². The van der Waals surface area contributed by atoms with Crippen molar-refractivity contribution in [2.24, 2.45) is 0 Å². The molecule has 0 radical (unpaired) electrons. The van der Waals surface area contributed by atoms with Crippen LogP contribution in [0.5, 0.6) is 0 Å². The van der Waals surface area contributed by atoms with Crippen LogP contribution in [0.15, 0.2) is 97.1 Å². The Morgan fingerprint density at radius 1 is 0.754 bits per heavy atom. The van der Waals surface area contributed by atoms with Crippen molar-refractivity contribution in [3.05, 3.63) is 130 Å². The van der Waals surface area contributed by atoms with Crippen molar-refractivity contribution < 1.29 is 28.7 Å². The molecule has 3 amide bonds. The first-order valence-corrected chi connectivity index (χ1v) is 20.6. The Labute approximate surface area is 344 Å². The van der Waals surface area contributed by atoms with Crippen LogP contribution in [0.2, 0.25) is 0 Å². The molecule has 2 atom stereocenters. The lowest BCUT2D eigenvalue weighted by Crippen LogP contribution is -2.46. The first-order valence-electron chi connectivity index (χ1n) is 20.1. The van der Waals surface area contributed by atoms with E-state index in [1.165, 1.54) is 22.3 Å². The maximum absolute atomic E-state index is 13.4. The molecule has 57 heavy (non-hydrogen) atoms. The predicted octanol–water partition coefficient (Wildman–Crippen LogP) is 9.11. The smallest absolute Gasteiger partial charge is 0.407 e. The van der Waals surface area contributed by atoms with E-state index in [2.05, 4.69) is 84.0 Å². The third kappa shape index (κ3) is 13.8. The number of hydrogen-bond donors (Lipinski definition) is 4. The normalized spacial score (nSPS) is 12.8. The number of alkyl carbamates (subject to hydrolysis) is 1. The Morgan fingerprint density at radius 3 is 1.96 bits per heavy atom. The molecule has 0 saturated carbocycles.